The molecule has 1 heterocycles. The fourth-order valence-electron chi connectivity index (χ4n) is 1.83. The molecule has 0 saturated heterocycles. The van der Waals surface area contributed by atoms with Gasteiger partial charge in [0, 0.05) is 6.54 Å². The van der Waals surface area contributed by atoms with Crippen LogP contribution in [0, 0.1) is 13.8 Å². The maximum Gasteiger partial charge on any atom is 0.141 e. The molecule has 2 aromatic rings. The summed E-state index contributed by atoms with van der Waals surface area (Å²) < 4.78 is 0. The van der Waals surface area contributed by atoms with Gasteiger partial charge in [0.1, 0.15) is 12.2 Å². The number of nitrogens with zero attached hydrogens (tertiary/aromatic N) is 2. The van der Waals surface area contributed by atoms with Crippen LogP contribution in [0.2, 0.25) is 0 Å². The average Bonchev–Trinajstić information content (AvgIpc) is 2.81. The highest BCUT2D eigenvalue weighted by atomic mass is 15.2. The van der Waals surface area contributed by atoms with E-state index in [9.17, 15) is 0 Å². The predicted molar refractivity (Wildman–Crippen MR) is 67.6 cm³/mol. The molecule has 2 N–H and O–H groups in total. The van der Waals surface area contributed by atoms with Crippen molar-refractivity contribution in [3.63, 3.8) is 0 Å². The lowest BCUT2D eigenvalue weighted by Gasteiger charge is -2.12. The number of aryl methyl sites for hydroxylation is 2. The monoisotopic (exact) mass is 230 g/mol. The quantitative estimate of drug-likeness (QED) is 0.847. The Morgan fingerprint density at radius 1 is 1.35 bits per heavy atom. The van der Waals surface area contributed by atoms with Crippen molar-refractivity contribution in [3.05, 3.63) is 47.0 Å². The third kappa shape index (κ3) is 2.91. The Morgan fingerprint density at radius 2 is 2.18 bits per heavy atom. The van der Waals surface area contributed by atoms with Crippen LogP contribution in [0.3, 0.4) is 0 Å². The van der Waals surface area contributed by atoms with E-state index in [0.29, 0.717) is 0 Å². The zero-order valence-corrected chi connectivity index (χ0v) is 10.5. The summed E-state index contributed by atoms with van der Waals surface area (Å²) in [7, 11) is 0. The number of rotatable bonds is 4. The van der Waals surface area contributed by atoms with E-state index in [4.69, 9.17) is 0 Å². The second-order valence-electron chi connectivity index (χ2n) is 4.40. The minimum absolute atomic E-state index is 0.179. The van der Waals surface area contributed by atoms with Crippen molar-refractivity contribution < 1.29 is 0 Å². The lowest BCUT2D eigenvalue weighted by molar-refractivity contribution is 0.547. The summed E-state index contributed by atoms with van der Waals surface area (Å²) in [4.78, 5) is 4.14. The largest absolute Gasteiger partial charge is 0.303 e. The van der Waals surface area contributed by atoms with Gasteiger partial charge in [0.25, 0.3) is 0 Å². The molecule has 17 heavy (non-hydrogen) atoms. The normalized spacial score (nSPS) is 12.6. The van der Waals surface area contributed by atoms with Gasteiger partial charge in [-0.05, 0) is 31.9 Å². The highest BCUT2D eigenvalue weighted by Gasteiger charge is 2.07. The van der Waals surface area contributed by atoms with Gasteiger partial charge in [0.05, 0.1) is 6.04 Å². The number of aromatic amines is 1. The summed E-state index contributed by atoms with van der Waals surface area (Å²) in [5.74, 6) is 0.870. The van der Waals surface area contributed by atoms with Gasteiger partial charge in [-0.3, -0.25) is 5.10 Å². The molecule has 2 rings (SSSR count). The summed E-state index contributed by atoms with van der Waals surface area (Å²) in [5, 5.41) is 10.2. The van der Waals surface area contributed by atoms with E-state index in [1.807, 2.05) is 0 Å². The summed E-state index contributed by atoms with van der Waals surface area (Å²) in [6, 6.07) is 6.70. The smallest absolute Gasteiger partial charge is 0.141 e. The number of benzene rings is 1. The van der Waals surface area contributed by atoms with Crippen molar-refractivity contribution in [2.45, 2.75) is 33.4 Å². The first-order valence-corrected chi connectivity index (χ1v) is 5.81. The predicted octanol–water partition coefficient (Wildman–Crippen LogP) is 2.27. The van der Waals surface area contributed by atoms with Crippen LogP contribution < -0.4 is 5.32 Å². The third-order valence-electron chi connectivity index (χ3n) is 2.94. The van der Waals surface area contributed by atoms with Crippen molar-refractivity contribution >= 4 is 0 Å². The molecule has 1 atom stereocenters. The molecular formula is C13H18N4. The highest BCUT2D eigenvalue weighted by molar-refractivity contribution is 5.30. The van der Waals surface area contributed by atoms with Crippen molar-refractivity contribution in [2.75, 3.05) is 0 Å². The topological polar surface area (TPSA) is 53.6 Å². The Morgan fingerprint density at radius 3 is 2.82 bits per heavy atom. The van der Waals surface area contributed by atoms with E-state index >= 15 is 0 Å². The van der Waals surface area contributed by atoms with E-state index in [2.05, 4.69) is 59.5 Å². The fraction of sp³-hybridized carbons (Fsp3) is 0.385. The maximum absolute atomic E-state index is 4.14. The summed E-state index contributed by atoms with van der Waals surface area (Å²) in [6.07, 6.45) is 1.53. The lowest BCUT2D eigenvalue weighted by Crippen LogP contribution is -2.19. The van der Waals surface area contributed by atoms with Crippen molar-refractivity contribution in [3.8, 4) is 0 Å². The molecule has 0 aliphatic rings. The summed E-state index contributed by atoms with van der Waals surface area (Å²) in [5.41, 5.74) is 3.94. The minimum Gasteiger partial charge on any atom is -0.303 e. The first-order chi connectivity index (χ1) is 8.16. The van der Waals surface area contributed by atoms with Crippen LogP contribution in [0.1, 0.15) is 35.5 Å². The molecule has 1 unspecified atom stereocenters. The van der Waals surface area contributed by atoms with E-state index in [1.165, 1.54) is 23.0 Å². The number of hydrogen-bond donors (Lipinski definition) is 2. The molecular weight excluding hydrogens is 212 g/mol. The van der Waals surface area contributed by atoms with Gasteiger partial charge in [-0.25, -0.2) is 4.98 Å². The molecule has 0 saturated carbocycles. The molecule has 0 fully saturated rings. The summed E-state index contributed by atoms with van der Waals surface area (Å²) >= 11 is 0. The maximum atomic E-state index is 4.14. The Bertz CT molecular complexity index is 476. The lowest BCUT2D eigenvalue weighted by atomic mass is 10.1. The summed E-state index contributed by atoms with van der Waals surface area (Å²) in [6.45, 7) is 7.17. The average molecular weight is 230 g/mol. The molecule has 1 aromatic carbocycles. The van der Waals surface area contributed by atoms with Gasteiger partial charge < -0.3 is 5.32 Å². The molecule has 0 aliphatic heterocycles. The SMILES string of the molecule is Cc1ccc(CNC(C)c2ncn[nH]2)c(C)c1. The molecule has 0 spiro atoms. The van der Waals surface area contributed by atoms with Crippen LogP contribution in [0.5, 0.6) is 0 Å². The first-order valence-electron chi connectivity index (χ1n) is 5.81. The molecule has 1 aromatic heterocycles. The number of H-pyrrole nitrogens is 1. The van der Waals surface area contributed by atoms with Gasteiger partial charge in [0.2, 0.25) is 0 Å². The van der Waals surface area contributed by atoms with Gasteiger partial charge in [-0.1, -0.05) is 23.8 Å². The molecule has 0 aliphatic carbocycles. The van der Waals surface area contributed by atoms with E-state index in [0.717, 1.165) is 12.4 Å². The molecule has 0 radical (unpaired) electrons. The van der Waals surface area contributed by atoms with Crippen LogP contribution in [0.15, 0.2) is 24.5 Å². The molecule has 4 heteroatoms. The molecule has 4 nitrogen and oxygen atoms in total. The van der Waals surface area contributed by atoms with Crippen molar-refractivity contribution in [2.24, 2.45) is 0 Å². The molecule has 0 amide bonds. The standard InChI is InChI=1S/C13H18N4/c1-9-4-5-12(10(2)6-9)7-14-11(3)13-15-8-16-17-13/h4-6,8,11,14H,7H2,1-3H3,(H,15,16,17). The molecule has 90 valence electrons. The first kappa shape index (κ1) is 11.8. The number of aromatic nitrogens is 3. The van der Waals surface area contributed by atoms with E-state index in [1.54, 1.807) is 0 Å². The van der Waals surface area contributed by atoms with Crippen LogP contribution in [0.4, 0.5) is 0 Å². The number of nitrogens with one attached hydrogen (secondary N) is 2. The number of hydrogen-bond acceptors (Lipinski definition) is 3. The van der Waals surface area contributed by atoms with Gasteiger partial charge in [0.15, 0.2) is 0 Å². The highest BCUT2D eigenvalue weighted by Crippen LogP contribution is 2.12. The van der Waals surface area contributed by atoms with Crippen LogP contribution in [0.25, 0.3) is 0 Å². The molecule has 0 bridgehead atoms. The Labute approximate surface area is 101 Å². The fourth-order valence-corrected chi connectivity index (χ4v) is 1.83. The second-order valence-corrected chi connectivity index (χ2v) is 4.40. The zero-order chi connectivity index (χ0) is 12.3. The minimum atomic E-state index is 0.179. The zero-order valence-electron chi connectivity index (χ0n) is 10.5. The van der Waals surface area contributed by atoms with Crippen molar-refractivity contribution in [1.29, 1.82) is 0 Å². The Kier molecular flexibility index (Phi) is 3.54. The van der Waals surface area contributed by atoms with Crippen LogP contribution in [-0.2, 0) is 6.54 Å². The van der Waals surface area contributed by atoms with Gasteiger partial charge in [-0.15, -0.1) is 0 Å². The van der Waals surface area contributed by atoms with Gasteiger partial charge >= 0.3 is 0 Å². The van der Waals surface area contributed by atoms with Crippen LogP contribution in [-0.4, -0.2) is 15.2 Å². The Hall–Kier alpha value is -1.68. The van der Waals surface area contributed by atoms with Crippen molar-refractivity contribution in [1.82, 2.24) is 20.5 Å². The van der Waals surface area contributed by atoms with E-state index < -0.39 is 0 Å². The third-order valence-corrected chi connectivity index (χ3v) is 2.94. The van der Waals surface area contributed by atoms with Gasteiger partial charge in [-0.2, -0.15) is 5.10 Å². The van der Waals surface area contributed by atoms with E-state index in [-0.39, 0.29) is 6.04 Å². The second kappa shape index (κ2) is 5.10. The Balaban J connectivity index is 1.98. The van der Waals surface area contributed by atoms with Crippen LogP contribution >= 0.6 is 0 Å².